The van der Waals surface area contributed by atoms with Crippen molar-refractivity contribution in [1.29, 1.82) is 0 Å². The Balaban J connectivity index is 1.65. The number of amides is 4. The lowest BCUT2D eigenvalue weighted by atomic mass is 9.89. The van der Waals surface area contributed by atoms with Gasteiger partial charge >= 0.3 is 6.03 Å². The number of urea groups is 1. The van der Waals surface area contributed by atoms with Gasteiger partial charge in [0.25, 0.3) is 11.8 Å². The van der Waals surface area contributed by atoms with Gasteiger partial charge in [0, 0.05) is 16.6 Å². The summed E-state index contributed by atoms with van der Waals surface area (Å²) in [6, 6.07) is 7.08. The summed E-state index contributed by atoms with van der Waals surface area (Å²) in [6.45, 7) is 0.697. The average Bonchev–Trinajstić information content (AvgIpc) is 3.04. The summed E-state index contributed by atoms with van der Waals surface area (Å²) in [4.78, 5) is 38.6. The molecule has 1 aromatic carbocycles. The Morgan fingerprint density at radius 1 is 1.29 bits per heavy atom. The maximum atomic E-state index is 12.9. The van der Waals surface area contributed by atoms with Gasteiger partial charge in [-0.25, -0.2) is 4.79 Å². The third-order valence-corrected chi connectivity index (χ3v) is 6.19. The second-order valence-corrected chi connectivity index (χ2v) is 7.49. The molecule has 0 aliphatic carbocycles. The lowest BCUT2D eigenvalue weighted by molar-refractivity contribution is -0.125. The first kappa shape index (κ1) is 15.4. The fraction of sp³-hybridized carbons (Fsp3) is 0.312. The Morgan fingerprint density at radius 2 is 2.08 bits per heavy atom. The number of thiophene rings is 1. The summed E-state index contributed by atoms with van der Waals surface area (Å²) in [7, 11) is 0. The van der Waals surface area contributed by atoms with Crippen LogP contribution in [0.5, 0.6) is 0 Å². The lowest BCUT2D eigenvalue weighted by Gasteiger charge is -2.37. The molecule has 0 unspecified atom stereocenters. The number of fused-ring (bicyclic) bond motifs is 1. The van der Waals surface area contributed by atoms with E-state index in [1.165, 1.54) is 11.3 Å². The van der Waals surface area contributed by atoms with Crippen molar-refractivity contribution in [2.24, 2.45) is 0 Å². The van der Waals surface area contributed by atoms with E-state index in [4.69, 9.17) is 11.6 Å². The van der Waals surface area contributed by atoms with E-state index in [1.807, 2.05) is 24.3 Å². The zero-order chi connectivity index (χ0) is 16.9. The van der Waals surface area contributed by atoms with Crippen molar-refractivity contribution in [3.8, 4) is 0 Å². The van der Waals surface area contributed by atoms with Gasteiger partial charge in [0.2, 0.25) is 0 Å². The Hall–Kier alpha value is -2.12. The molecule has 2 aliphatic heterocycles. The standard InChI is InChI=1S/C16H14ClN3O3S/c17-11-9-4-1-2-5-10(9)24-12(11)13(21)20-7-3-6-16(8-20)14(22)18-15(23)19-16/h1-2,4-5H,3,6-8H2,(H2,18,19,22,23)/t16-/m0/s1. The highest BCUT2D eigenvalue weighted by atomic mass is 35.5. The molecule has 0 radical (unpaired) electrons. The number of carbonyl (C=O) groups is 3. The van der Waals surface area contributed by atoms with E-state index < -0.39 is 11.6 Å². The second kappa shape index (κ2) is 5.46. The maximum absolute atomic E-state index is 12.9. The van der Waals surface area contributed by atoms with Crippen LogP contribution in [0.4, 0.5) is 4.79 Å². The van der Waals surface area contributed by atoms with E-state index in [-0.39, 0.29) is 18.4 Å². The molecule has 2 N–H and O–H groups in total. The van der Waals surface area contributed by atoms with Crippen molar-refractivity contribution < 1.29 is 14.4 Å². The average molecular weight is 364 g/mol. The third-order valence-electron chi connectivity index (χ3n) is 4.52. The molecule has 6 nitrogen and oxygen atoms in total. The van der Waals surface area contributed by atoms with E-state index in [1.54, 1.807) is 4.90 Å². The molecule has 4 rings (SSSR count). The number of rotatable bonds is 1. The number of hydrogen-bond acceptors (Lipinski definition) is 4. The van der Waals surface area contributed by atoms with Gasteiger partial charge < -0.3 is 10.2 Å². The van der Waals surface area contributed by atoms with E-state index in [9.17, 15) is 14.4 Å². The van der Waals surface area contributed by atoms with Gasteiger partial charge in [-0.3, -0.25) is 14.9 Å². The first-order valence-corrected chi connectivity index (χ1v) is 8.79. The number of benzene rings is 1. The molecule has 2 saturated heterocycles. The molecule has 2 aliphatic rings. The Bertz CT molecular complexity index is 881. The molecule has 3 heterocycles. The minimum atomic E-state index is -1.02. The van der Waals surface area contributed by atoms with Crippen LogP contribution in [-0.4, -0.2) is 41.4 Å². The van der Waals surface area contributed by atoms with E-state index in [0.717, 1.165) is 10.1 Å². The molecule has 124 valence electrons. The van der Waals surface area contributed by atoms with Crippen LogP contribution in [-0.2, 0) is 4.79 Å². The maximum Gasteiger partial charge on any atom is 0.322 e. The van der Waals surface area contributed by atoms with Gasteiger partial charge in [-0.15, -0.1) is 11.3 Å². The summed E-state index contributed by atoms with van der Waals surface area (Å²) < 4.78 is 0.949. The zero-order valence-corrected chi connectivity index (χ0v) is 14.2. The molecular formula is C16H14ClN3O3S. The molecule has 0 saturated carbocycles. The van der Waals surface area contributed by atoms with Crippen LogP contribution in [0.2, 0.25) is 5.02 Å². The van der Waals surface area contributed by atoms with Crippen molar-refractivity contribution in [2.45, 2.75) is 18.4 Å². The minimum absolute atomic E-state index is 0.161. The number of nitrogens with zero attached hydrogens (tertiary/aromatic N) is 1. The first-order valence-electron chi connectivity index (χ1n) is 7.60. The number of likely N-dealkylation sites (tertiary alicyclic amines) is 1. The van der Waals surface area contributed by atoms with Crippen LogP contribution in [0.15, 0.2) is 24.3 Å². The minimum Gasteiger partial charge on any atom is -0.335 e. The lowest BCUT2D eigenvalue weighted by Crippen LogP contribution is -2.59. The van der Waals surface area contributed by atoms with Crippen LogP contribution in [0.25, 0.3) is 10.1 Å². The number of hydrogen-bond donors (Lipinski definition) is 2. The zero-order valence-electron chi connectivity index (χ0n) is 12.6. The van der Waals surface area contributed by atoms with Crippen LogP contribution >= 0.6 is 22.9 Å². The van der Waals surface area contributed by atoms with E-state index in [0.29, 0.717) is 29.3 Å². The quantitative estimate of drug-likeness (QED) is 0.763. The fourth-order valence-electron chi connectivity index (χ4n) is 3.34. The topological polar surface area (TPSA) is 78.5 Å². The van der Waals surface area contributed by atoms with Gasteiger partial charge in [-0.05, 0) is 18.9 Å². The summed E-state index contributed by atoms with van der Waals surface area (Å²) in [6.07, 6.45) is 1.16. The van der Waals surface area contributed by atoms with Crippen LogP contribution < -0.4 is 10.6 Å². The van der Waals surface area contributed by atoms with Gasteiger partial charge in [-0.2, -0.15) is 0 Å². The van der Waals surface area contributed by atoms with Gasteiger partial charge in [0.1, 0.15) is 10.4 Å². The Morgan fingerprint density at radius 3 is 2.79 bits per heavy atom. The highest BCUT2D eigenvalue weighted by molar-refractivity contribution is 7.21. The van der Waals surface area contributed by atoms with Crippen molar-refractivity contribution in [2.75, 3.05) is 13.1 Å². The molecule has 1 atom stereocenters. The fourth-order valence-corrected chi connectivity index (χ4v) is 4.82. The predicted molar refractivity (Wildman–Crippen MR) is 91.4 cm³/mol. The van der Waals surface area contributed by atoms with Crippen molar-refractivity contribution >= 4 is 50.9 Å². The van der Waals surface area contributed by atoms with Crippen LogP contribution in [0.3, 0.4) is 0 Å². The largest absolute Gasteiger partial charge is 0.335 e. The smallest absolute Gasteiger partial charge is 0.322 e. The molecule has 24 heavy (non-hydrogen) atoms. The Kier molecular flexibility index (Phi) is 3.51. The molecule has 2 aromatic rings. The number of imide groups is 1. The number of piperidine rings is 1. The molecule has 1 spiro atoms. The van der Waals surface area contributed by atoms with Gasteiger partial charge in [0.15, 0.2) is 0 Å². The SMILES string of the molecule is O=C1NC(=O)[C@@]2(CCCN(C(=O)c3sc4ccccc4c3Cl)C2)N1. The number of halogens is 1. The monoisotopic (exact) mass is 363 g/mol. The molecule has 2 fully saturated rings. The van der Waals surface area contributed by atoms with Crippen molar-refractivity contribution in [3.63, 3.8) is 0 Å². The molecular weight excluding hydrogens is 350 g/mol. The van der Waals surface area contributed by atoms with E-state index in [2.05, 4.69) is 10.6 Å². The van der Waals surface area contributed by atoms with Crippen LogP contribution in [0.1, 0.15) is 22.5 Å². The Labute approximate surface area is 146 Å². The first-order chi connectivity index (χ1) is 11.5. The predicted octanol–water partition coefficient (Wildman–Crippen LogP) is 2.37. The summed E-state index contributed by atoms with van der Waals surface area (Å²) in [5, 5.41) is 6.23. The molecule has 1 aromatic heterocycles. The summed E-state index contributed by atoms with van der Waals surface area (Å²) in [5.41, 5.74) is -1.02. The summed E-state index contributed by atoms with van der Waals surface area (Å²) >= 11 is 7.74. The number of nitrogens with one attached hydrogen (secondary N) is 2. The van der Waals surface area contributed by atoms with Gasteiger partial charge in [-0.1, -0.05) is 29.8 Å². The molecule has 4 amide bonds. The third kappa shape index (κ3) is 2.27. The highest BCUT2D eigenvalue weighted by Gasteiger charge is 2.49. The number of carbonyl (C=O) groups excluding carboxylic acids is 3. The summed E-state index contributed by atoms with van der Waals surface area (Å²) in [5.74, 6) is -0.568. The van der Waals surface area contributed by atoms with Crippen molar-refractivity contribution in [1.82, 2.24) is 15.5 Å². The van der Waals surface area contributed by atoms with Gasteiger partial charge in [0.05, 0.1) is 11.6 Å². The molecule has 0 bridgehead atoms. The molecule has 8 heteroatoms. The normalized spacial score (nSPS) is 23.6. The van der Waals surface area contributed by atoms with Crippen molar-refractivity contribution in [3.05, 3.63) is 34.2 Å². The highest BCUT2D eigenvalue weighted by Crippen LogP contribution is 2.37. The van der Waals surface area contributed by atoms with Crippen LogP contribution in [0, 0.1) is 0 Å². The van der Waals surface area contributed by atoms with E-state index >= 15 is 0 Å². The second-order valence-electron chi connectivity index (χ2n) is 6.06.